The Balaban J connectivity index is 1.63. The molecule has 0 saturated carbocycles. The Morgan fingerprint density at radius 1 is 1.00 bits per heavy atom. The second-order valence-corrected chi connectivity index (χ2v) is 5.58. The third kappa shape index (κ3) is 2.54. The minimum Gasteiger partial charge on any atom is -0.371 e. The van der Waals surface area contributed by atoms with Gasteiger partial charge < -0.3 is 14.8 Å². The normalized spacial score (nSPS) is 18.3. The average molecular weight is 309 g/mol. The van der Waals surface area contributed by atoms with Crippen molar-refractivity contribution in [2.24, 2.45) is 0 Å². The number of ether oxygens (including phenoxy) is 2. The molecule has 2 aliphatic rings. The second-order valence-electron chi connectivity index (χ2n) is 5.58. The van der Waals surface area contributed by atoms with E-state index in [4.69, 9.17) is 9.47 Å². The van der Waals surface area contributed by atoms with Crippen LogP contribution in [0.2, 0.25) is 0 Å². The van der Waals surface area contributed by atoms with Crippen molar-refractivity contribution >= 4 is 17.3 Å². The Bertz CT molecular complexity index is 795. The predicted molar refractivity (Wildman–Crippen MR) is 83.9 cm³/mol. The lowest BCUT2D eigenvalue weighted by Crippen LogP contribution is -2.23. The summed E-state index contributed by atoms with van der Waals surface area (Å²) in [6.45, 7) is 1.53. The molecule has 1 aliphatic carbocycles. The molecule has 2 aromatic rings. The summed E-state index contributed by atoms with van der Waals surface area (Å²) in [4.78, 5) is 25.4. The van der Waals surface area contributed by atoms with Crippen LogP contribution in [0.3, 0.4) is 0 Å². The van der Waals surface area contributed by atoms with Gasteiger partial charge in [-0.15, -0.1) is 0 Å². The Kier molecular flexibility index (Phi) is 3.44. The summed E-state index contributed by atoms with van der Waals surface area (Å²) < 4.78 is 10.5. The molecule has 0 aromatic heterocycles. The summed E-state index contributed by atoms with van der Waals surface area (Å²) in [5, 5.41) is 3.09. The van der Waals surface area contributed by atoms with Gasteiger partial charge in [-0.3, -0.25) is 9.59 Å². The maximum Gasteiger partial charge on any atom is 0.196 e. The molecule has 5 nitrogen and oxygen atoms in total. The maximum atomic E-state index is 12.8. The average Bonchev–Trinajstić information content (AvgIpc) is 3.41. The van der Waals surface area contributed by atoms with Crippen LogP contribution in [0.4, 0.5) is 5.69 Å². The molecule has 4 rings (SSSR count). The largest absolute Gasteiger partial charge is 0.371 e. The Hall–Kier alpha value is -2.50. The molecule has 23 heavy (non-hydrogen) atoms. The first-order valence-electron chi connectivity index (χ1n) is 7.50. The molecule has 1 heterocycles. The fourth-order valence-electron chi connectivity index (χ4n) is 2.78. The fourth-order valence-corrected chi connectivity index (χ4v) is 2.78. The van der Waals surface area contributed by atoms with E-state index in [2.05, 4.69) is 5.32 Å². The van der Waals surface area contributed by atoms with Crippen LogP contribution >= 0.6 is 0 Å². The third-order valence-corrected chi connectivity index (χ3v) is 4.02. The van der Waals surface area contributed by atoms with Crippen molar-refractivity contribution < 1.29 is 19.1 Å². The highest BCUT2D eigenvalue weighted by molar-refractivity contribution is 6.30. The first kappa shape index (κ1) is 14.1. The number of epoxide rings is 1. The number of benzene rings is 2. The van der Waals surface area contributed by atoms with E-state index in [1.807, 2.05) is 0 Å². The number of hydrogen-bond donors (Lipinski definition) is 1. The summed E-state index contributed by atoms with van der Waals surface area (Å²) in [6.07, 6.45) is 0.191. The summed E-state index contributed by atoms with van der Waals surface area (Å²) in [6, 6.07) is 12.2. The minimum atomic E-state index is -0.135. The van der Waals surface area contributed by atoms with Gasteiger partial charge in [0.1, 0.15) is 12.8 Å². The molecule has 1 fully saturated rings. The Labute approximate surface area is 133 Å². The summed E-state index contributed by atoms with van der Waals surface area (Å²) >= 11 is 0. The van der Waals surface area contributed by atoms with Gasteiger partial charge in [0.05, 0.1) is 18.8 Å². The van der Waals surface area contributed by atoms with Gasteiger partial charge in [0.2, 0.25) is 0 Å². The molecule has 1 aliphatic heterocycles. The van der Waals surface area contributed by atoms with E-state index < -0.39 is 0 Å². The smallest absolute Gasteiger partial charge is 0.196 e. The molecule has 5 heteroatoms. The van der Waals surface area contributed by atoms with E-state index in [0.29, 0.717) is 34.5 Å². The fraction of sp³-hybridized carbons (Fsp3) is 0.222. The van der Waals surface area contributed by atoms with Crippen LogP contribution in [0.5, 0.6) is 0 Å². The monoisotopic (exact) mass is 309 g/mol. The lowest BCUT2D eigenvalue weighted by Gasteiger charge is -2.20. The van der Waals surface area contributed by atoms with E-state index in [1.54, 1.807) is 42.5 Å². The third-order valence-electron chi connectivity index (χ3n) is 4.02. The van der Waals surface area contributed by atoms with Crippen LogP contribution in [0.15, 0.2) is 42.5 Å². The van der Waals surface area contributed by atoms with Crippen molar-refractivity contribution in [2.75, 3.05) is 25.3 Å². The highest BCUT2D eigenvalue weighted by Gasteiger charge is 2.31. The number of ketones is 2. The molecule has 0 spiro atoms. The minimum absolute atomic E-state index is 0.119. The van der Waals surface area contributed by atoms with Gasteiger partial charge in [-0.05, 0) is 6.07 Å². The second kappa shape index (κ2) is 5.61. The maximum absolute atomic E-state index is 12.8. The first-order valence-corrected chi connectivity index (χ1v) is 7.50. The van der Waals surface area contributed by atoms with Gasteiger partial charge in [-0.25, -0.2) is 0 Å². The van der Waals surface area contributed by atoms with E-state index in [9.17, 15) is 9.59 Å². The number of nitrogens with one attached hydrogen (secondary N) is 1. The van der Waals surface area contributed by atoms with Crippen molar-refractivity contribution in [3.63, 3.8) is 0 Å². The highest BCUT2D eigenvalue weighted by atomic mass is 16.6. The molecule has 1 saturated heterocycles. The van der Waals surface area contributed by atoms with Crippen molar-refractivity contribution in [2.45, 2.75) is 6.10 Å². The van der Waals surface area contributed by atoms with E-state index in [-0.39, 0.29) is 24.4 Å². The summed E-state index contributed by atoms with van der Waals surface area (Å²) in [5.74, 6) is -0.255. The molecule has 2 aromatic carbocycles. The molecule has 0 bridgehead atoms. The van der Waals surface area contributed by atoms with Gasteiger partial charge in [-0.1, -0.05) is 36.4 Å². The van der Waals surface area contributed by atoms with E-state index in [0.717, 1.165) is 6.61 Å². The number of carbonyl (C=O) groups is 2. The standard InChI is InChI=1S/C18H15NO4/c20-17-12-4-1-2-5-13(12)18(21)16-14(17)6-3-7-15(16)19-10-22-8-11-9-23-11/h1-7,11,19H,8-10H2. The molecular weight excluding hydrogens is 294 g/mol. The number of rotatable bonds is 5. The van der Waals surface area contributed by atoms with Crippen LogP contribution in [-0.2, 0) is 9.47 Å². The molecule has 1 N–H and O–H groups in total. The van der Waals surface area contributed by atoms with Crippen LogP contribution in [0, 0.1) is 0 Å². The predicted octanol–water partition coefficient (Wildman–Crippen LogP) is 2.25. The topological polar surface area (TPSA) is 67.9 Å². The van der Waals surface area contributed by atoms with Crippen LogP contribution in [0.1, 0.15) is 31.8 Å². The Morgan fingerprint density at radius 3 is 2.43 bits per heavy atom. The van der Waals surface area contributed by atoms with Crippen molar-refractivity contribution in [3.05, 3.63) is 64.7 Å². The van der Waals surface area contributed by atoms with E-state index in [1.165, 1.54) is 0 Å². The first-order chi connectivity index (χ1) is 11.3. The van der Waals surface area contributed by atoms with Crippen molar-refractivity contribution in [1.29, 1.82) is 0 Å². The Morgan fingerprint density at radius 2 is 1.70 bits per heavy atom. The SMILES string of the molecule is O=C1c2ccccc2C(=O)c2c(NCOCC3CO3)cccc21. The number of anilines is 1. The van der Waals surface area contributed by atoms with Gasteiger partial charge in [-0.2, -0.15) is 0 Å². The van der Waals surface area contributed by atoms with Crippen LogP contribution < -0.4 is 5.32 Å². The molecular formula is C18H15NO4. The van der Waals surface area contributed by atoms with Gasteiger partial charge >= 0.3 is 0 Å². The molecule has 0 amide bonds. The van der Waals surface area contributed by atoms with Crippen LogP contribution in [0.25, 0.3) is 0 Å². The van der Waals surface area contributed by atoms with Gasteiger partial charge in [0.25, 0.3) is 0 Å². The van der Waals surface area contributed by atoms with Crippen molar-refractivity contribution in [1.82, 2.24) is 0 Å². The zero-order chi connectivity index (χ0) is 15.8. The number of carbonyl (C=O) groups excluding carboxylic acids is 2. The molecule has 116 valence electrons. The highest BCUT2D eigenvalue weighted by Crippen LogP contribution is 2.31. The lowest BCUT2D eigenvalue weighted by atomic mass is 9.83. The summed E-state index contributed by atoms with van der Waals surface area (Å²) in [5.41, 5.74) is 2.38. The zero-order valence-corrected chi connectivity index (χ0v) is 12.4. The molecule has 0 radical (unpaired) electrons. The number of hydrogen-bond acceptors (Lipinski definition) is 5. The molecule has 1 unspecified atom stereocenters. The van der Waals surface area contributed by atoms with E-state index >= 15 is 0 Å². The summed E-state index contributed by atoms with van der Waals surface area (Å²) in [7, 11) is 0. The van der Waals surface area contributed by atoms with Crippen molar-refractivity contribution in [3.8, 4) is 0 Å². The molecule has 1 atom stereocenters. The van der Waals surface area contributed by atoms with Gasteiger partial charge in [0, 0.05) is 22.4 Å². The van der Waals surface area contributed by atoms with Gasteiger partial charge in [0.15, 0.2) is 11.6 Å². The number of fused-ring (bicyclic) bond motifs is 2. The zero-order valence-electron chi connectivity index (χ0n) is 12.4. The lowest BCUT2D eigenvalue weighted by molar-refractivity contribution is 0.0979. The quantitative estimate of drug-likeness (QED) is 0.445. The van der Waals surface area contributed by atoms with Crippen LogP contribution in [-0.4, -0.2) is 37.6 Å².